The number of aromatic nitrogens is 4. The summed E-state index contributed by atoms with van der Waals surface area (Å²) in [5, 5.41) is 28.2. The van der Waals surface area contributed by atoms with Crippen molar-refractivity contribution in [1.82, 2.24) is 8.96 Å². The average molecular weight is 1150 g/mol. The van der Waals surface area contributed by atoms with Crippen LogP contribution in [-0.2, 0) is 0 Å². The number of hydrogen-bond acceptors (Lipinski definition) is 8. The van der Waals surface area contributed by atoms with Crippen LogP contribution in [0.2, 0.25) is 0 Å². The first-order chi connectivity index (χ1) is 43.8. The molecule has 89 heavy (non-hydrogen) atoms. The smallest absolute Gasteiger partial charge is 0.497 e. The molecule has 0 fully saturated rings. The minimum Gasteiger partial charge on any atom is -0.497 e. The maximum atomic E-state index is 16.8. The van der Waals surface area contributed by atoms with E-state index in [-0.39, 0.29) is 11.1 Å². The van der Waals surface area contributed by atoms with Crippen LogP contribution in [0.15, 0.2) is 265 Å². The van der Waals surface area contributed by atoms with Crippen molar-refractivity contribution < 1.29 is 22.7 Å². The standard InChI is InChI=1S/C74H48B2FN10O2/c1-88-61-37-33-59(34-38-61)84(55-25-15-47(16-26-55)53-23-41-69-80-73-63-11-3-7-51-9-5-13-67(71(51)63)86(73)75-82(69)45-53)57-29-19-49(20-30-57)65(43-78)66(44-79)50-21-31-58(32-22-50)85(60-35-39-62(89-2)40-36-60)56-27-17-48(18-28-56)54-24-42-70-81-74-64-12-4-8-52-10-6-14-68(72(52)64)87(74)76(77)83(70)46-54/h3-42,45-46H,1-2H3/q+2/b66-65+. The number of methoxy groups -OCH3 is 2. The summed E-state index contributed by atoms with van der Waals surface area (Å²) < 4.78 is 35.4. The summed E-state index contributed by atoms with van der Waals surface area (Å²) in [6.07, 6.45) is 3.95. The maximum Gasteiger partial charge on any atom is 0.727 e. The second kappa shape index (κ2) is 21.2. The zero-order valence-electron chi connectivity index (χ0n) is 48.1. The van der Waals surface area contributed by atoms with E-state index in [2.05, 4.69) is 117 Å². The molecule has 0 N–H and O–H groups in total. The monoisotopic (exact) mass is 1150 g/mol. The number of ether oxygens (including phenoxy) is 2. The number of nitrogens with zero attached hydrogens (tertiary/aromatic N) is 10. The Hall–Kier alpha value is -12.1. The van der Waals surface area contributed by atoms with Gasteiger partial charge in [0.1, 0.15) is 23.6 Å². The van der Waals surface area contributed by atoms with Crippen LogP contribution >= 0.6 is 0 Å². The lowest BCUT2D eigenvalue weighted by atomic mass is 9.95. The molecule has 12 nitrogen and oxygen atoms in total. The van der Waals surface area contributed by atoms with Gasteiger partial charge < -0.3 is 23.8 Å². The van der Waals surface area contributed by atoms with Gasteiger partial charge in [-0.2, -0.15) is 10.5 Å². The summed E-state index contributed by atoms with van der Waals surface area (Å²) in [6.45, 7) is 0. The summed E-state index contributed by atoms with van der Waals surface area (Å²) in [4.78, 5) is 14.3. The van der Waals surface area contributed by atoms with E-state index >= 15 is 4.32 Å². The molecule has 2 aliphatic heterocycles. The summed E-state index contributed by atoms with van der Waals surface area (Å²) in [5.41, 5.74) is 14.2. The lowest BCUT2D eigenvalue weighted by molar-refractivity contribution is -0.535. The predicted molar refractivity (Wildman–Crippen MR) is 351 cm³/mol. The van der Waals surface area contributed by atoms with Gasteiger partial charge in [-0.15, -0.1) is 0 Å². The van der Waals surface area contributed by atoms with E-state index in [1.165, 1.54) is 10.8 Å². The average Bonchev–Trinajstić information content (AvgIpc) is 1.65. The third-order valence-corrected chi connectivity index (χ3v) is 17.1. The third kappa shape index (κ3) is 8.74. The minimum atomic E-state index is -1.50. The predicted octanol–water partition coefficient (Wildman–Crippen LogP) is 15.0. The van der Waals surface area contributed by atoms with Crippen molar-refractivity contribution >= 4 is 115 Å². The van der Waals surface area contributed by atoms with Crippen LogP contribution < -0.4 is 39.2 Å². The van der Waals surface area contributed by atoms with E-state index in [1.54, 1.807) is 23.2 Å². The first-order valence-corrected chi connectivity index (χ1v) is 29.1. The largest absolute Gasteiger partial charge is 0.727 e. The summed E-state index contributed by atoms with van der Waals surface area (Å²) in [6, 6.07) is 85.2. The van der Waals surface area contributed by atoms with Crippen molar-refractivity contribution in [2.75, 3.05) is 24.0 Å². The van der Waals surface area contributed by atoms with Gasteiger partial charge in [0.2, 0.25) is 11.0 Å². The summed E-state index contributed by atoms with van der Waals surface area (Å²) >= 11 is 0. The number of fused-ring (bicyclic) bond motifs is 8. The lowest BCUT2D eigenvalue weighted by Gasteiger charge is -2.26. The van der Waals surface area contributed by atoms with Crippen LogP contribution in [0.1, 0.15) is 11.1 Å². The quantitative estimate of drug-likeness (QED) is 0.0684. The molecule has 417 valence electrons. The Morgan fingerprint density at radius 2 is 0.865 bits per heavy atom. The molecule has 0 spiro atoms. The molecule has 0 amide bonds. The number of hydrogen-bond donors (Lipinski definition) is 0. The fourth-order valence-corrected chi connectivity index (χ4v) is 12.8. The molecule has 0 bridgehead atoms. The van der Waals surface area contributed by atoms with E-state index < -0.39 is 7.26 Å². The maximum absolute atomic E-state index is 16.8. The zero-order valence-corrected chi connectivity index (χ0v) is 48.1. The van der Waals surface area contributed by atoms with Gasteiger partial charge in [-0.3, -0.25) is 13.3 Å². The number of pyridine rings is 2. The van der Waals surface area contributed by atoms with Crippen molar-refractivity contribution in [3.8, 4) is 45.9 Å². The van der Waals surface area contributed by atoms with Gasteiger partial charge in [0.05, 0.1) is 48.5 Å². The Morgan fingerprint density at radius 3 is 1.36 bits per heavy atom. The van der Waals surface area contributed by atoms with Crippen molar-refractivity contribution in [1.29, 1.82) is 10.5 Å². The second-order valence-electron chi connectivity index (χ2n) is 22.0. The Labute approximate surface area is 511 Å². The van der Waals surface area contributed by atoms with Gasteiger partial charge in [0.25, 0.3) is 0 Å². The van der Waals surface area contributed by atoms with Gasteiger partial charge in [0.15, 0.2) is 0 Å². The molecule has 0 aliphatic carbocycles. The van der Waals surface area contributed by atoms with E-state index in [4.69, 9.17) is 19.5 Å². The van der Waals surface area contributed by atoms with Gasteiger partial charge in [-0.25, -0.2) is 4.48 Å². The zero-order chi connectivity index (χ0) is 59.9. The van der Waals surface area contributed by atoms with Crippen LogP contribution in [-0.4, -0.2) is 38.0 Å². The Balaban J connectivity index is 0.680. The highest BCUT2D eigenvalue weighted by Gasteiger charge is 2.40. The summed E-state index contributed by atoms with van der Waals surface area (Å²) in [5.74, 6) is 2.83. The van der Waals surface area contributed by atoms with Crippen molar-refractivity contribution in [2.45, 2.75) is 0 Å². The van der Waals surface area contributed by atoms with Gasteiger partial charge >= 0.3 is 26.4 Å². The van der Waals surface area contributed by atoms with Crippen molar-refractivity contribution in [3.63, 3.8) is 0 Å². The highest BCUT2D eigenvalue weighted by atomic mass is 19.1. The second-order valence-corrected chi connectivity index (χ2v) is 22.0. The first kappa shape index (κ1) is 52.5. The molecular weight excluding hydrogens is 1100 g/mol. The number of halogens is 1. The SMILES string of the molecule is COc1ccc(N(c2ccc(/C(C#N)=C(\C#N)c3ccc(N(c4ccc(OC)cc4)c4ccc(-c5ccc6[n+](c5)B(F)n5c(c7cccc8cccc5c87)=N6)cc4)cc3)cc2)c2ccc(-c3ccc4[n+](c3)[B]n3c(c5cccc6cccc3c65)=N4)cc2)cc1. The first-order valence-electron chi connectivity index (χ1n) is 29.1. The van der Waals surface area contributed by atoms with E-state index in [9.17, 15) is 10.5 Å². The van der Waals surface area contributed by atoms with Crippen molar-refractivity contribution in [2.24, 2.45) is 9.98 Å². The van der Waals surface area contributed by atoms with Crippen LogP contribution in [0.4, 0.5) is 50.1 Å². The van der Waals surface area contributed by atoms with Crippen molar-refractivity contribution in [3.05, 3.63) is 277 Å². The number of benzene rings is 10. The number of anilines is 6. The minimum absolute atomic E-state index is 0.245. The number of rotatable bonds is 12. The molecule has 2 aliphatic rings. The topological polar surface area (TPSA) is 115 Å². The molecular formula is C74H48B2FN10O2+2. The molecule has 6 heterocycles. The van der Waals surface area contributed by atoms with Gasteiger partial charge in [-0.05, 0) is 176 Å². The van der Waals surface area contributed by atoms with E-state index in [0.29, 0.717) is 28.2 Å². The summed E-state index contributed by atoms with van der Waals surface area (Å²) in [7, 11) is 3.90. The molecule has 0 saturated carbocycles. The fraction of sp³-hybridized carbons (Fsp3) is 0.0270. The third-order valence-electron chi connectivity index (χ3n) is 17.1. The van der Waals surface area contributed by atoms with Crippen LogP contribution in [0.5, 0.6) is 11.5 Å². The fourth-order valence-electron chi connectivity index (χ4n) is 12.8. The Morgan fingerprint density at radius 1 is 0.461 bits per heavy atom. The van der Waals surface area contributed by atoms with E-state index in [0.717, 1.165) is 106 Å². The van der Waals surface area contributed by atoms with E-state index in [1.807, 2.05) is 176 Å². The molecule has 0 atom stereocenters. The highest BCUT2D eigenvalue weighted by Crippen LogP contribution is 2.41. The Kier molecular flexibility index (Phi) is 12.5. The van der Waals surface area contributed by atoms with Crippen LogP contribution in [0.25, 0.3) is 76.8 Å². The van der Waals surface area contributed by atoms with Gasteiger partial charge in [-0.1, -0.05) is 97.1 Å². The molecule has 1 radical (unpaired) electrons. The Bertz CT molecular complexity index is 5400. The molecule has 4 aromatic heterocycles. The molecule has 10 aromatic carbocycles. The highest BCUT2D eigenvalue weighted by molar-refractivity contribution is 6.42. The molecule has 0 saturated heterocycles. The van der Waals surface area contributed by atoms with Gasteiger partial charge in [0, 0.05) is 79.2 Å². The lowest BCUT2D eigenvalue weighted by Crippen LogP contribution is -2.58. The number of allylic oxidation sites excluding steroid dienone is 2. The van der Waals surface area contributed by atoms with Crippen LogP contribution in [0.3, 0.4) is 0 Å². The molecule has 16 rings (SSSR count). The normalized spacial score (nSPS) is 12.4. The molecule has 14 aromatic rings. The molecule has 15 heteroatoms. The molecule has 0 unspecified atom stereocenters. The van der Waals surface area contributed by atoms with Crippen LogP contribution in [0, 0.1) is 22.7 Å². The number of nitriles is 2.